The second kappa shape index (κ2) is 7.39. The topological polar surface area (TPSA) is 56.4 Å². The van der Waals surface area contributed by atoms with Crippen molar-refractivity contribution in [3.05, 3.63) is 74.6 Å². The van der Waals surface area contributed by atoms with Crippen molar-refractivity contribution in [3.63, 3.8) is 0 Å². The monoisotopic (exact) mass is 389 g/mol. The third kappa shape index (κ3) is 3.53. The van der Waals surface area contributed by atoms with Gasteiger partial charge in [-0.05, 0) is 68.0 Å². The summed E-state index contributed by atoms with van der Waals surface area (Å²) < 4.78 is 0. The van der Waals surface area contributed by atoms with Gasteiger partial charge in [-0.25, -0.2) is 0 Å². The van der Waals surface area contributed by atoms with E-state index in [0.29, 0.717) is 13.1 Å². The van der Waals surface area contributed by atoms with Crippen molar-refractivity contribution in [1.29, 1.82) is 0 Å². The van der Waals surface area contributed by atoms with E-state index in [4.69, 9.17) is 0 Å². The van der Waals surface area contributed by atoms with Gasteiger partial charge in [-0.1, -0.05) is 23.8 Å². The lowest BCUT2D eigenvalue weighted by atomic mass is 10.0. The lowest BCUT2D eigenvalue weighted by molar-refractivity contribution is 0.0745. The lowest BCUT2D eigenvalue weighted by Gasteiger charge is -2.37. The zero-order chi connectivity index (χ0) is 20.7. The Morgan fingerprint density at radius 3 is 2.38 bits per heavy atom. The van der Waals surface area contributed by atoms with E-state index in [1.807, 2.05) is 26.0 Å². The second-order valence-electron chi connectivity index (χ2n) is 8.06. The molecule has 0 atom stereocenters. The standard InChI is InChI=1S/C24H27N3O2/c1-15-12-17(3)22-19(13-15)14-20(23(28)25-22)24(29)27-10-8-26(9-11-27)21-7-5-6-16(2)18(21)4/h5-7,12-14H,8-11H2,1-4H3,(H,25,28). The Balaban J connectivity index is 1.56. The fourth-order valence-electron chi connectivity index (χ4n) is 4.24. The summed E-state index contributed by atoms with van der Waals surface area (Å²) >= 11 is 0. The molecule has 0 unspecified atom stereocenters. The van der Waals surface area contributed by atoms with Gasteiger partial charge in [-0.3, -0.25) is 9.59 Å². The molecule has 0 radical (unpaired) electrons. The van der Waals surface area contributed by atoms with Crippen LogP contribution >= 0.6 is 0 Å². The summed E-state index contributed by atoms with van der Waals surface area (Å²) in [6.45, 7) is 11.0. The number of piperazine rings is 1. The Bertz CT molecular complexity index is 1150. The summed E-state index contributed by atoms with van der Waals surface area (Å²) in [6.07, 6.45) is 0. The molecular weight excluding hydrogens is 362 g/mol. The maximum Gasteiger partial charge on any atom is 0.261 e. The van der Waals surface area contributed by atoms with E-state index in [1.165, 1.54) is 16.8 Å². The summed E-state index contributed by atoms with van der Waals surface area (Å²) in [7, 11) is 0. The van der Waals surface area contributed by atoms with Gasteiger partial charge in [0.05, 0.1) is 5.52 Å². The SMILES string of the molecule is Cc1cc(C)c2[nH]c(=O)c(C(=O)N3CCN(c4cccc(C)c4C)CC3)cc2c1. The van der Waals surface area contributed by atoms with Crippen molar-refractivity contribution in [2.75, 3.05) is 31.1 Å². The molecule has 0 spiro atoms. The van der Waals surface area contributed by atoms with Crippen LogP contribution in [0.15, 0.2) is 41.2 Å². The third-order valence-electron chi connectivity index (χ3n) is 6.01. The predicted octanol–water partition coefficient (Wildman–Crippen LogP) is 3.72. The van der Waals surface area contributed by atoms with Crippen LogP contribution in [0.1, 0.15) is 32.6 Å². The van der Waals surface area contributed by atoms with E-state index in [2.05, 4.69) is 41.9 Å². The zero-order valence-corrected chi connectivity index (χ0v) is 17.5. The van der Waals surface area contributed by atoms with Gasteiger partial charge >= 0.3 is 0 Å². The first kappa shape index (κ1) is 19.2. The van der Waals surface area contributed by atoms with Crippen LogP contribution in [0.2, 0.25) is 0 Å². The van der Waals surface area contributed by atoms with Gasteiger partial charge in [-0.15, -0.1) is 0 Å². The first-order chi connectivity index (χ1) is 13.8. The fraction of sp³-hybridized carbons (Fsp3) is 0.333. The molecule has 1 saturated heterocycles. The van der Waals surface area contributed by atoms with Crippen molar-refractivity contribution in [2.24, 2.45) is 0 Å². The van der Waals surface area contributed by atoms with Crippen LogP contribution in [-0.2, 0) is 0 Å². The number of carbonyl (C=O) groups excluding carboxylic acids is 1. The van der Waals surface area contributed by atoms with Crippen LogP contribution in [0, 0.1) is 27.7 Å². The number of carbonyl (C=O) groups is 1. The maximum absolute atomic E-state index is 13.1. The summed E-state index contributed by atoms with van der Waals surface area (Å²) in [5, 5.41) is 0.902. The number of pyridine rings is 1. The Kier molecular flexibility index (Phi) is 4.91. The van der Waals surface area contributed by atoms with E-state index >= 15 is 0 Å². The Labute approximate surface area is 171 Å². The van der Waals surface area contributed by atoms with Crippen LogP contribution in [0.5, 0.6) is 0 Å². The molecule has 29 heavy (non-hydrogen) atoms. The molecule has 1 aliphatic heterocycles. The molecule has 3 aromatic rings. The van der Waals surface area contributed by atoms with E-state index < -0.39 is 0 Å². The van der Waals surface area contributed by atoms with E-state index in [0.717, 1.165) is 35.1 Å². The average Bonchev–Trinajstić information content (AvgIpc) is 2.70. The highest BCUT2D eigenvalue weighted by atomic mass is 16.2. The number of anilines is 1. The number of nitrogens with zero attached hydrogens (tertiary/aromatic N) is 2. The van der Waals surface area contributed by atoms with Crippen molar-refractivity contribution in [2.45, 2.75) is 27.7 Å². The molecular formula is C24H27N3O2. The first-order valence-electron chi connectivity index (χ1n) is 10.1. The minimum absolute atomic E-state index is 0.187. The van der Waals surface area contributed by atoms with Crippen LogP contribution in [0.4, 0.5) is 5.69 Å². The number of aryl methyl sites for hydroxylation is 3. The van der Waals surface area contributed by atoms with E-state index in [-0.39, 0.29) is 17.0 Å². The summed E-state index contributed by atoms with van der Waals surface area (Å²) in [4.78, 5) is 32.7. The quantitative estimate of drug-likeness (QED) is 0.727. The summed E-state index contributed by atoms with van der Waals surface area (Å²) in [5.74, 6) is -0.187. The molecule has 2 aromatic carbocycles. The van der Waals surface area contributed by atoms with E-state index in [1.54, 1.807) is 11.0 Å². The molecule has 0 aliphatic carbocycles. The molecule has 1 fully saturated rings. The minimum Gasteiger partial charge on any atom is -0.368 e. The van der Waals surface area contributed by atoms with Gasteiger partial charge < -0.3 is 14.8 Å². The molecule has 0 bridgehead atoms. The van der Waals surface area contributed by atoms with Gasteiger partial charge in [0.2, 0.25) is 0 Å². The highest BCUT2D eigenvalue weighted by molar-refractivity contribution is 5.97. The fourth-order valence-corrected chi connectivity index (χ4v) is 4.24. The largest absolute Gasteiger partial charge is 0.368 e. The third-order valence-corrected chi connectivity index (χ3v) is 6.01. The lowest BCUT2D eigenvalue weighted by Crippen LogP contribution is -2.49. The average molecular weight is 389 g/mol. The van der Waals surface area contributed by atoms with Gasteiger partial charge in [0.15, 0.2) is 0 Å². The molecule has 1 N–H and O–H groups in total. The zero-order valence-electron chi connectivity index (χ0n) is 17.5. The molecule has 150 valence electrons. The first-order valence-corrected chi connectivity index (χ1v) is 10.1. The highest BCUT2D eigenvalue weighted by Gasteiger charge is 2.25. The Morgan fingerprint density at radius 2 is 1.66 bits per heavy atom. The van der Waals surface area contributed by atoms with Gasteiger partial charge in [0.25, 0.3) is 11.5 Å². The Morgan fingerprint density at radius 1 is 0.931 bits per heavy atom. The van der Waals surface area contributed by atoms with Crippen LogP contribution in [-0.4, -0.2) is 42.0 Å². The predicted molar refractivity (Wildman–Crippen MR) is 118 cm³/mol. The number of hydrogen-bond donors (Lipinski definition) is 1. The molecule has 1 aliphatic rings. The number of rotatable bonds is 2. The van der Waals surface area contributed by atoms with Crippen molar-refractivity contribution in [1.82, 2.24) is 9.88 Å². The number of benzene rings is 2. The molecule has 4 rings (SSSR count). The second-order valence-corrected chi connectivity index (χ2v) is 8.06. The van der Waals surface area contributed by atoms with Crippen molar-refractivity contribution < 1.29 is 4.79 Å². The van der Waals surface area contributed by atoms with Crippen LogP contribution in [0.25, 0.3) is 10.9 Å². The normalized spacial score (nSPS) is 14.5. The molecule has 2 heterocycles. The molecule has 5 heteroatoms. The number of fused-ring (bicyclic) bond motifs is 1. The molecule has 1 aromatic heterocycles. The number of nitrogens with one attached hydrogen (secondary N) is 1. The van der Waals surface area contributed by atoms with Crippen molar-refractivity contribution in [3.8, 4) is 0 Å². The summed E-state index contributed by atoms with van der Waals surface area (Å²) in [6, 6.07) is 12.1. The molecule has 5 nitrogen and oxygen atoms in total. The number of aromatic nitrogens is 1. The highest BCUT2D eigenvalue weighted by Crippen LogP contribution is 2.24. The molecule has 1 amide bonds. The number of hydrogen-bond acceptors (Lipinski definition) is 3. The number of amides is 1. The van der Waals surface area contributed by atoms with Crippen LogP contribution in [0.3, 0.4) is 0 Å². The smallest absolute Gasteiger partial charge is 0.261 e. The number of H-pyrrole nitrogens is 1. The van der Waals surface area contributed by atoms with E-state index in [9.17, 15) is 9.59 Å². The van der Waals surface area contributed by atoms with Gasteiger partial charge in [0.1, 0.15) is 5.56 Å². The Hall–Kier alpha value is -3.08. The van der Waals surface area contributed by atoms with Gasteiger partial charge in [0, 0.05) is 31.9 Å². The maximum atomic E-state index is 13.1. The van der Waals surface area contributed by atoms with Crippen LogP contribution < -0.4 is 10.5 Å². The number of aromatic amines is 1. The minimum atomic E-state index is -0.314. The van der Waals surface area contributed by atoms with Crippen molar-refractivity contribution >= 4 is 22.5 Å². The summed E-state index contributed by atoms with van der Waals surface area (Å²) in [5.41, 5.74) is 6.62. The molecule has 0 saturated carbocycles. The van der Waals surface area contributed by atoms with Gasteiger partial charge in [-0.2, -0.15) is 0 Å².